The minimum Gasteiger partial charge on any atom is -0.456 e. The summed E-state index contributed by atoms with van der Waals surface area (Å²) in [6.07, 6.45) is 0. The highest BCUT2D eigenvalue weighted by atomic mass is 16.3. The Bertz CT molecular complexity index is 3420. The lowest BCUT2D eigenvalue weighted by Crippen LogP contribution is -2.10. The topological polar surface area (TPSA) is 29.5 Å². The predicted molar refractivity (Wildman–Crippen MR) is 247 cm³/mol. The number of anilines is 3. The standard InChI is InChI=1S/C56H35NO2/c1-3-17-44-36(11-1)13-8-20-46(44)38-25-29-41(30-26-38)57(42-31-27-39(28-32-42)47-21-9-14-37-12-2-4-18-45(37)47)43-16-7-15-40(35-43)48-22-10-24-51-54(48)56-53(59-51)34-33-52-55(56)49-19-5-6-23-50(49)58-52/h1-35H. The molecule has 0 saturated heterocycles. The number of hydrogen-bond acceptors (Lipinski definition) is 3. The monoisotopic (exact) mass is 753 g/mol. The van der Waals surface area contributed by atoms with Crippen LogP contribution in [0.5, 0.6) is 0 Å². The third-order valence-electron chi connectivity index (χ3n) is 11.9. The van der Waals surface area contributed by atoms with E-state index in [0.29, 0.717) is 0 Å². The molecule has 0 radical (unpaired) electrons. The van der Waals surface area contributed by atoms with Crippen molar-refractivity contribution in [3.8, 4) is 33.4 Å². The Hall–Kier alpha value is -7.88. The summed E-state index contributed by atoms with van der Waals surface area (Å²) in [5.74, 6) is 0. The van der Waals surface area contributed by atoms with Crippen LogP contribution >= 0.6 is 0 Å². The first-order valence-corrected chi connectivity index (χ1v) is 20.1. The van der Waals surface area contributed by atoms with Gasteiger partial charge in [0.15, 0.2) is 0 Å². The molecule has 0 spiro atoms. The number of rotatable bonds is 6. The van der Waals surface area contributed by atoms with Crippen LogP contribution in [0.3, 0.4) is 0 Å². The van der Waals surface area contributed by atoms with Crippen molar-refractivity contribution in [2.45, 2.75) is 0 Å². The van der Waals surface area contributed by atoms with E-state index in [1.54, 1.807) is 0 Å². The normalized spacial score (nSPS) is 11.7. The van der Waals surface area contributed by atoms with E-state index in [2.05, 4.69) is 193 Å². The molecular weight excluding hydrogens is 719 g/mol. The summed E-state index contributed by atoms with van der Waals surface area (Å²) < 4.78 is 12.9. The molecule has 59 heavy (non-hydrogen) atoms. The molecule has 0 aliphatic heterocycles. The molecule has 3 nitrogen and oxygen atoms in total. The maximum atomic E-state index is 6.55. The van der Waals surface area contributed by atoms with Crippen LogP contribution in [0.1, 0.15) is 0 Å². The Morgan fingerprint density at radius 2 is 0.746 bits per heavy atom. The van der Waals surface area contributed by atoms with Crippen LogP contribution < -0.4 is 4.90 Å². The molecule has 0 bridgehead atoms. The van der Waals surface area contributed by atoms with Crippen molar-refractivity contribution < 1.29 is 8.83 Å². The van der Waals surface area contributed by atoms with Gasteiger partial charge in [-0.1, -0.05) is 152 Å². The summed E-state index contributed by atoms with van der Waals surface area (Å²) in [7, 11) is 0. The number of benzene rings is 10. The number of nitrogens with zero attached hydrogens (tertiary/aromatic N) is 1. The molecule has 0 unspecified atom stereocenters. The summed E-state index contributed by atoms with van der Waals surface area (Å²) in [6, 6.07) is 75.8. The zero-order valence-corrected chi connectivity index (χ0v) is 32.0. The minimum absolute atomic E-state index is 0.849. The van der Waals surface area contributed by atoms with Crippen molar-refractivity contribution in [1.29, 1.82) is 0 Å². The molecule has 0 aliphatic carbocycles. The first kappa shape index (κ1) is 33.3. The summed E-state index contributed by atoms with van der Waals surface area (Å²) in [6.45, 7) is 0. The van der Waals surface area contributed by atoms with Gasteiger partial charge in [0, 0.05) is 38.6 Å². The molecule has 0 fully saturated rings. The molecule has 0 aliphatic rings. The van der Waals surface area contributed by atoms with Gasteiger partial charge < -0.3 is 13.7 Å². The van der Waals surface area contributed by atoms with Crippen molar-refractivity contribution in [2.24, 2.45) is 0 Å². The van der Waals surface area contributed by atoms with Crippen LogP contribution in [0.2, 0.25) is 0 Å². The van der Waals surface area contributed by atoms with E-state index in [1.165, 1.54) is 43.8 Å². The largest absolute Gasteiger partial charge is 0.456 e. The van der Waals surface area contributed by atoms with Crippen molar-refractivity contribution in [2.75, 3.05) is 4.90 Å². The summed E-state index contributed by atoms with van der Waals surface area (Å²) >= 11 is 0. The van der Waals surface area contributed by atoms with Crippen LogP contribution in [0, 0.1) is 0 Å². The van der Waals surface area contributed by atoms with E-state index in [1.807, 2.05) is 24.3 Å². The Kier molecular flexibility index (Phi) is 7.54. The molecule has 10 aromatic carbocycles. The number of fused-ring (bicyclic) bond motifs is 9. The number of hydrogen-bond donors (Lipinski definition) is 0. The maximum Gasteiger partial charge on any atom is 0.136 e. The van der Waals surface area contributed by atoms with E-state index < -0.39 is 0 Å². The smallest absolute Gasteiger partial charge is 0.136 e. The van der Waals surface area contributed by atoms with Gasteiger partial charge >= 0.3 is 0 Å². The quantitative estimate of drug-likeness (QED) is 0.169. The lowest BCUT2D eigenvalue weighted by Gasteiger charge is -2.26. The van der Waals surface area contributed by atoms with Crippen molar-refractivity contribution >= 4 is 82.5 Å². The molecule has 0 N–H and O–H groups in total. The number of para-hydroxylation sites is 1. The Morgan fingerprint density at radius 3 is 1.41 bits per heavy atom. The van der Waals surface area contributed by atoms with E-state index in [-0.39, 0.29) is 0 Å². The van der Waals surface area contributed by atoms with Gasteiger partial charge in [0.25, 0.3) is 0 Å². The van der Waals surface area contributed by atoms with E-state index in [4.69, 9.17) is 8.83 Å². The third-order valence-corrected chi connectivity index (χ3v) is 11.9. The molecule has 12 aromatic rings. The first-order chi connectivity index (χ1) is 29.2. The van der Waals surface area contributed by atoms with Crippen LogP contribution in [0.25, 0.3) is 98.8 Å². The second-order valence-corrected chi connectivity index (χ2v) is 15.2. The zero-order chi connectivity index (χ0) is 38.9. The Morgan fingerprint density at radius 1 is 0.271 bits per heavy atom. The molecule has 0 saturated carbocycles. The molecule has 12 rings (SSSR count). The van der Waals surface area contributed by atoms with Gasteiger partial charge in [-0.15, -0.1) is 0 Å². The van der Waals surface area contributed by atoms with Gasteiger partial charge in [0.05, 0.1) is 0 Å². The fraction of sp³-hybridized carbons (Fsp3) is 0. The van der Waals surface area contributed by atoms with E-state index in [9.17, 15) is 0 Å². The molecular formula is C56H35NO2. The Balaban J connectivity index is 1.02. The van der Waals surface area contributed by atoms with Crippen LogP contribution in [-0.4, -0.2) is 0 Å². The SMILES string of the molecule is c1cc(-c2cccc3oc4ccc5oc6ccccc6c5c4c23)cc(N(c2ccc(-c3cccc4ccccc34)cc2)c2ccc(-c3cccc4ccccc34)cc2)c1. The highest BCUT2D eigenvalue weighted by Crippen LogP contribution is 2.45. The molecule has 0 amide bonds. The summed E-state index contributed by atoms with van der Waals surface area (Å²) in [4.78, 5) is 2.36. The lowest BCUT2D eigenvalue weighted by molar-refractivity contribution is 0.663. The van der Waals surface area contributed by atoms with Gasteiger partial charge in [-0.25, -0.2) is 0 Å². The fourth-order valence-electron chi connectivity index (χ4n) is 9.16. The van der Waals surface area contributed by atoms with Crippen LogP contribution in [-0.2, 0) is 0 Å². The highest BCUT2D eigenvalue weighted by molar-refractivity contribution is 6.28. The van der Waals surface area contributed by atoms with Crippen molar-refractivity contribution in [3.63, 3.8) is 0 Å². The molecule has 3 heteroatoms. The molecule has 2 aromatic heterocycles. The van der Waals surface area contributed by atoms with Gasteiger partial charge in [0.2, 0.25) is 0 Å². The average molecular weight is 754 g/mol. The van der Waals surface area contributed by atoms with Gasteiger partial charge in [-0.05, 0) is 116 Å². The van der Waals surface area contributed by atoms with E-state index >= 15 is 0 Å². The fourth-order valence-corrected chi connectivity index (χ4v) is 9.16. The number of furan rings is 2. The van der Waals surface area contributed by atoms with Crippen molar-refractivity contribution in [3.05, 3.63) is 212 Å². The lowest BCUT2D eigenvalue weighted by atomic mass is 9.96. The van der Waals surface area contributed by atoms with E-state index in [0.717, 1.165) is 72.1 Å². The predicted octanol–water partition coefficient (Wildman–Crippen LogP) is 16.3. The average Bonchev–Trinajstić information content (AvgIpc) is 3.88. The minimum atomic E-state index is 0.849. The molecule has 0 atom stereocenters. The van der Waals surface area contributed by atoms with Crippen LogP contribution in [0.4, 0.5) is 17.1 Å². The third kappa shape index (κ3) is 5.44. The summed E-state index contributed by atoms with van der Waals surface area (Å²) in [5, 5.41) is 9.30. The summed E-state index contributed by atoms with van der Waals surface area (Å²) in [5.41, 5.74) is 13.7. The Labute approximate surface area is 340 Å². The second kappa shape index (κ2) is 13.4. The second-order valence-electron chi connectivity index (χ2n) is 15.2. The van der Waals surface area contributed by atoms with Gasteiger partial charge in [-0.3, -0.25) is 0 Å². The van der Waals surface area contributed by atoms with Crippen LogP contribution in [0.15, 0.2) is 221 Å². The van der Waals surface area contributed by atoms with Crippen molar-refractivity contribution in [1.82, 2.24) is 0 Å². The zero-order valence-electron chi connectivity index (χ0n) is 32.0. The maximum absolute atomic E-state index is 6.55. The highest BCUT2D eigenvalue weighted by Gasteiger charge is 2.20. The van der Waals surface area contributed by atoms with Gasteiger partial charge in [-0.2, -0.15) is 0 Å². The molecule has 276 valence electrons. The first-order valence-electron chi connectivity index (χ1n) is 20.1. The molecule has 2 heterocycles. The van der Waals surface area contributed by atoms with Gasteiger partial charge in [0.1, 0.15) is 22.3 Å².